The second-order valence-corrected chi connectivity index (χ2v) is 7.86. The van der Waals surface area contributed by atoms with E-state index in [1.54, 1.807) is 24.3 Å². The summed E-state index contributed by atoms with van der Waals surface area (Å²) in [6.45, 7) is 0. The lowest BCUT2D eigenvalue weighted by molar-refractivity contribution is -0.274. The minimum atomic E-state index is -4.88. The first-order valence-corrected chi connectivity index (χ1v) is 9.63. The molecule has 0 unspecified atom stereocenters. The van der Waals surface area contributed by atoms with Gasteiger partial charge in [-0.25, -0.2) is 13.1 Å². The van der Waals surface area contributed by atoms with Crippen LogP contribution in [0.2, 0.25) is 0 Å². The van der Waals surface area contributed by atoms with Gasteiger partial charge in [-0.05, 0) is 41.8 Å². The van der Waals surface area contributed by atoms with Crippen molar-refractivity contribution in [2.45, 2.75) is 23.7 Å². The number of hydrogen-bond donors (Lipinski definition) is 1. The fourth-order valence-electron chi connectivity index (χ4n) is 3.17. The van der Waals surface area contributed by atoms with Gasteiger partial charge < -0.3 is 9.47 Å². The average molecular weight is 415 g/mol. The molecule has 2 aromatic carbocycles. The molecule has 3 rings (SSSR count). The number of hydrogen-bond acceptors (Lipinski definition) is 5. The predicted molar refractivity (Wildman–Crippen MR) is 91.8 cm³/mol. The molecule has 0 spiro atoms. The van der Waals surface area contributed by atoms with Gasteiger partial charge in [0, 0.05) is 0 Å². The van der Waals surface area contributed by atoms with Gasteiger partial charge in [-0.15, -0.1) is 13.2 Å². The van der Waals surface area contributed by atoms with Crippen molar-refractivity contribution in [3.8, 4) is 5.75 Å². The van der Waals surface area contributed by atoms with Crippen LogP contribution in [-0.4, -0.2) is 27.9 Å². The first kappa shape index (κ1) is 20.2. The number of nitrogens with one attached hydrogen (secondary N) is 1. The maximum Gasteiger partial charge on any atom is 0.573 e. The van der Waals surface area contributed by atoms with Crippen LogP contribution in [-0.2, 0) is 26.0 Å². The zero-order valence-corrected chi connectivity index (χ0v) is 15.4. The van der Waals surface area contributed by atoms with Crippen molar-refractivity contribution < 1.29 is 35.9 Å². The normalized spacial score (nSPS) is 19.1. The molecule has 28 heavy (non-hydrogen) atoms. The highest BCUT2D eigenvalue weighted by Crippen LogP contribution is 2.38. The van der Waals surface area contributed by atoms with Crippen LogP contribution >= 0.6 is 0 Å². The maximum atomic E-state index is 12.7. The molecule has 6 nitrogen and oxygen atoms in total. The van der Waals surface area contributed by atoms with Gasteiger partial charge in [-0.2, -0.15) is 0 Å². The number of carbonyl (C=O) groups excluding carboxylic acids is 1. The number of sulfonamides is 1. The highest BCUT2D eigenvalue weighted by atomic mass is 32.2. The standard InChI is InChI=1S/C18H16F3NO5S/c1-26-17(23)15-10-11-4-2-3-5-14(11)16(15)22-28(24,25)13-8-6-12(7-9-13)27-18(19,20)21/h2-9,15-16,22H,10H2,1H3/t15-,16-/m1/s1. The van der Waals surface area contributed by atoms with Gasteiger partial charge in [0.05, 0.1) is 24.0 Å². The zero-order chi connectivity index (χ0) is 20.5. The van der Waals surface area contributed by atoms with Gasteiger partial charge in [0.25, 0.3) is 0 Å². The maximum absolute atomic E-state index is 12.7. The SMILES string of the molecule is COC(=O)[C@@H]1Cc2ccccc2[C@H]1NS(=O)(=O)c1ccc(OC(F)(F)F)cc1. The van der Waals surface area contributed by atoms with Crippen molar-refractivity contribution in [1.82, 2.24) is 4.72 Å². The highest BCUT2D eigenvalue weighted by Gasteiger charge is 2.40. The molecule has 1 aliphatic carbocycles. The first-order chi connectivity index (χ1) is 13.1. The van der Waals surface area contributed by atoms with E-state index in [2.05, 4.69) is 9.46 Å². The van der Waals surface area contributed by atoms with Crippen LogP contribution in [0.3, 0.4) is 0 Å². The van der Waals surface area contributed by atoms with E-state index in [0.29, 0.717) is 12.0 Å². The Morgan fingerprint density at radius 1 is 1.11 bits per heavy atom. The minimum absolute atomic E-state index is 0.255. The smallest absolute Gasteiger partial charge is 0.469 e. The fraction of sp³-hybridized carbons (Fsp3) is 0.278. The van der Waals surface area contributed by atoms with E-state index >= 15 is 0 Å². The van der Waals surface area contributed by atoms with E-state index in [1.165, 1.54) is 7.11 Å². The molecule has 0 fully saturated rings. The van der Waals surface area contributed by atoms with E-state index in [1.807, 2.05) is 0 Å². The third-order valence-corrected chi connectivity index (χ3v) is 5.84. The van der Waals surface area contributed by atoms with Crippen LogP contribution in [0.4, 0.5) is 13.2 Å². The van der Waals surface area contributed by atoms with Gasteiger partial charge in [-0.3, -0.25) is 4.79 Å². The highest BCUT2D eigenvalue weighted by molar-refractivity contribution is 7.89. The van der Waals surface area contributed by atoms with Gasteiger partial charge >= 0.3 is 12.3 Å². The second-order valence-electron chi connectivity index (χ2n) is 6.15. The summed E-state index contributed by atoms with van der Waals surface area (Å²) in [5.41, 5.74) is 1.47. The molecular weight excluding hydrogens is 399 g/mol. The molecule has 150 valence electrons. The number of ether oxygens (including phenoxy) is 2. The third-order valence-electron chi connectivity index (χ3n) is 4.39. The van der Waals surface area contributed by atoms with Crippen LogP contribution in [0.5, 0.6) is 5.75 Å². The van der Waals surface area contributed by atoms with E-state index < -0.39 is 40.1 Å². The zero-order valence-electron chi connectivity index (χ0n) is 14.6. The Bertz CT molecular complexity index is 973. The number of methoxy groups -OCH3 is 1. The summed E-state index contributed by atoms with van der Waals surface area (Å²) in [5.74, 6) is -1.84. The Labute approximate surface area is 159 Å². The van der Waals surface area contributed by atoms with Gasteiger partial charge in [-0.1, -0.05) is 24.3 Å². The molecule has 0 heterocycles. The topological polar surface area (TPSA) is 81.7 Å². The molecule has 2 aromatic rings. The summed E-state index contributed by atoms with van der Waals surface area (Å²) in [6, 6.07) is 9.97. The van der Waals surface area contributed by atoms with Crippen molar-refractivity contribution in [3.63, 3.8) is 0 Å². The number of alkyl halides is 3. The molecule has 0 saturated heterocycles. The van der Waals surface area contributed by atoms with E-state index in [-0.39, 0.29) is 4.90 Å². The molecule has 1 aliphatic rings. The number of fused-ring (bicyclic) bond motifs is 1. The summed E-state index contributed by atoms with van der Waals surface area (Å²) < 4.78 is 73.2. The van der Waals surface area contributed by atoms with E-state index in [9.17, 15) is 26.4 Å². The van der Waals surface area contributed by atoms with Gasteiger partial charge in [0.2, 0.25) is 10.0 Å². The summed E-state index contributed by atoms with van der Waals surface area (Å²) in [4.78, 5) is 11.9. The molecule has 0 aromatic heterocycles. The van der Waals surface area contributed by atoms with Crippen molar-refractivity contribution >= 4 is 16.0 Å². The number of esters is 1. The Balaban J connectivity index is 1.87. The Morgan fingerprint density at radius 2 is 1.75 bits per heavy atom. The Hall–Kier alpha value is -2.59. The fourth-order valence-corrected chi connectivity index (χ4v) is 4.42. The largest absolute Gasteiger partial charge is 0.573 e. The second kappa shape index (κ2) is 7.44. The predicted octanol–water partition coefficient (Wildman–Crippen LogP) is 2.95. The van der Waals surface area contributed by atoms with Crippen LogP contribution in [0.15, 0.2) is 53.4 Å². The number of halogens is 3. The molecule has 1 N–H and O–H groups in total. The molecule has 0 amide bonds. The van der Waals surface area contributed by atoms with Gasteiger partial charge in [0.1, 0.15) is 5.75 Å². The van der Waals surface area contributed by atoms with Crippen LogP contribution in [0.25, 0.3) is 0 Å². The number of rotatable bonds is 5. The third kappa shape index (κ3) is 4.28. The molecule has 0 radical (unpaired) electrons. The molecule has 0 aliphatic heterocycles. The quantitative estimate of drug-likeness (QED) is 0.760. The summed E-state index contributed by atoms with van der Waals surface area (Å²) in [7, 11) is -2.90. The average Bonchev–Trinajstić information content (AvgIpc) is 2.98. The summed E-state index contributed by atoms with van der Waals surface area (Å²) in [5, 5.41) is 0. The monoisotopic (exact) mass is 415 g/mol. The van der Waals surface area contributed by atoms with Gasteiger partial charge in [0.15, 0.2) is 0 Å². The first-order valence-electron chi connectivity index (χ1n) is 8.14. The van der Waals surface area contributed by atoms with Crippen molar-refractivity contribution in [2.75, 3.05) is 7.11 Å². The van der Waals surface area contributed by atoms with Crippen molar-refractivity contribution in [3.05, 3.63) is 59.7 Å². The van der Waals surface area contributed by atoms with E-state index in [4.69, 9.17) is 4.74 Å². The summed E-state index contributed by atoms with van der Waals surface area (Å²) in [6.07, 6.45) is -4.56. The lowest BCUT2D eigenvalue weighted by Gasteiger charge is -2.20. The van der Waals surface area contributed by atoms with Crippen molar-refractivity contribution in [1.29, 1.82) is 0 Å². The van der Waals surface area contributed by atoms with Crippen LogP contribution in [0, 0.1) is 5.92 Å². The van der Waals surface area contributed by atoms with Crippen LogP contribution in [0.1, 0.15) is 17.2 Å². The molecule has 2 atom stereocenters. The number of benzene rings is 2. The molecule has 0 bridgehead atoms. The lowest BCUT2D eigenvalue weighted by Crippen LogP contribution is -2.35. The van der Waals surface area contributed by atoms with Crippen LogP contribution < -0.4 is 9.46 Å². The lowest BCUT2D eigenvalue weighted by atomic mass is 10.0. The minimum Gasteiger partial charge on any atom is -0.469 e. The van der Waals surface area contributed by atoms with E-state index in [0.717, 1.165) is 29.8 Å². The summed E-state index contributed by atoms with van der Waals surface area (Å²) >= 11 is 0. The molecular formula is C18H16F3NO5S. The Morgan fingerprint density at radius 3 is 2.36 bits per heavy atom. The molecule has 0 saturated carbocycles. The Kier molecular flexibility index (Phi) is 5.35. The number of carbonyl (C=O) groups is 1. The molecule has 10 heteroatoms. The van der Waals surface area contributed by atoms with Crippen molar-refractivity contribution in [2.24, 2.45) is 5.92 Å².